The summed E-state index contributed by atoms with van der Waals surface area (Å²) >= 11 is 6.13. The highest BCUT2D eigenvalue weighted by atomic mass is 35.5. The maximum atomic E-state index is 15.2. The number of carbonyl (C=O) groups excluding carboxylic acids is 2. The van der Waals surface area contributed by atoms with Crippen LogP contribution in [0, 0.1) is 5.82 Å². The topological polar surface area (TPSA) is 49.4 Å². The highest BCUT2D eigenvalue weighted by molar-refractivity contribution is 6.30. The number of carbonyl (C=O) groups is 2. The number of hydrogen-bond acceptors (Lipinski definition) is 2. The number of hydrogen-bond donors (Lipinski definition) is 1. The van der Waals surface area contributed by atoms with Crippen LogP contribution in [0.2, 0.25) is 5.02 Å². The Kier molecular flexibility index (Phi) is 5.61. The van der Waals surface area contributed by atoms with E-state index in [0.29, 0.717) is 27.3 Å². The summed E-state index contributed by atoms with van der Waals surface area (Å²) in [6.45, 7) is 1.76. The molecule has 0 aliphatic carbocycles. The van der Waals surface area contributed by atoms with E-state index < -0.39 is 5.82 Å². The summed E-state index contributed by atoms with van der Waals surface area (Å²) in [6, 6.07) is 15.4. The van der Waals surface area contributed by atoms with Crippen molar-refractivity contribution in [2.24, 2.45) is 0 Å². The lowest BCUT2D eigenvalue weighted by Crippen LogP contribution is -2.29. The second-order valence-corrected chi connectivity index (χ2v) is 7.73. The van der Waals surface area contributed by atoms with Gasteiger partial charge >= 0.3 is 0 Å². The second kappa shape index (κ2) is 8.36. The molecule has 0 saturated carbocycles. The largest absolute Gasteiger partial charge is 0.355 e. The normalized spacial score (nSPS) is 13.5. The minimum Gasteiger partial charge on any atom is -0.355 e. The minimum atomic E-state index is -0.444. The predicted octanol–water partition coefficient (Wildman–Crippen LogP) is 5.54. The van der Waals surface area contributed by atoms with Gasteiger partial charge in [-0.25, -0.2) is 4.39 Å². The van der Waals surface area contributed by atoms with Gasteiger partial charge in [-0.3, -0.25) is 9.59 Å². The molecule has 0 atom stereocenters. The summed E-state index contributed by atoms with van der Waals surface area (Å²) in [5.41, 5.74) is 4.14. The van der Waals surface area contributed by atoms with Gasteiger partial charge in [0.25, 0.3) is 5.91 Å². The van der Waals surface area contributed by atoms with Crippen LogP contribution in [-0.2, 0) is 11.3 Å². The van der Waals surface area contributed by atoms with Crippen molar-refractivity contribution in [3.05, 3.63) is 87.7 Å². The lowest BCUT2D eigenvalue weighted by atomic mass is 9.93. The van der Waals surface area contributed by atoms with Crippen molar-refractivity contribution >= 4 is 41.3 Å². The molecule has 1 aliphatic rings. The molecule has 4 nitrogen and oxygen atoms in total. The van der Waals surface area contributed by atoms with Gasteiger partial charge in [-0.2, -0.15) is 0 Å². The van der Waals surface area contributed by atoms with Crippen molar-refractivity contribution in [3.63, 3.8) is 0 Å². The first-order chi connectivity index (χ1) is 14.9. The molecule has 1 heterocycles. The van der Waals surface area contributed by atoms with Crippen LogP contribution in [0.3, 0.4) is 0 Å². The molecule has 0 unspecified atom stereocenters. The quantitative estimate of drug-likeness (QED) is 0.575. The van der Waals surface area contributed by atoms with Gasteiger partial charge in [0.05, 0.1) is 12.2 Å². The summed E-state index contributed by atoms with van der Waals surface area (Å²) in [5.74, 6) is -0.875. The molecule has 1 aliphatic heterocycles. The van der Waals surface area contributed by atoms with Crippen molar-refractivity contribution in [1.29, 1.82) is 0 Å². The molecule has 0 bridgehead atoms. The highest BCUT2D eigenvalue weighted by Crippen LogP contribution is 2.34. The molecule has 0 fully saturated rings. The number of halogens is 2. The first kappa shape index (κ1) is 20.8. The number of nitrogens with zero attached hydrogens (tertiary/aromatic N) is 1. The Balaban J connectivity index is 1.90. The Labute approximate surface area is 185 Å². The first-order valence-electron chi connectivity index (χ1n) is 9.78. The van der Waals surface area contributed by atoms with Gasteiger partial charge in [-0.15, -0.1) is 0 Å². The van der Waals surface area contributed by atoms with E-state index in [0.717, 1.165) is 16.8 Å². The summed E-state index contributed by atoms with van der Waals surface area (Å²) in [7, 11) is 1.54. The summed E-state index contributed by atoms with van der Waals surface area (Å²) < 4.78 is 15.2. The molecule has 6 heteroatoms. The third-order valence-electron chi connectivity index (χ3n) is 5.35. The van der Waals surface area contributed by atoms with Crippen molar-refractivity contribution in [2.45, 2.75) is 13.5 Å². The average Bonchev–Trinajstić information content (AvgIpc) is 2.75. The molecule has 3 aromatic carbocycles. The summed E-state index contributed by atoms with van der Waals surface area (Å²) in [6.07, 6.45) is 3.65. The van der Waals surface area contributed by atoms with Crippen LogP contribution < -0.4 is 10.2 Å². The molecule has 156 valence electrons. The van der Waals surface area contributed by atoms with Crippen molar-refractivity contribution in [1.82, 2.24) is 5.32 Å². The number of fused-ring (bicyclic) bond motifs is 2. The van der Waals surface area contributed by atoms with Crippen molar-refractivity contribution in [2.75, 3.05) is 11.9 Å². The van der Waals surface area contributed by atoms with E-state index in [2.05, 4.69) is 5.32 Å². The van der Waals surface area contributed by atoms with E-state index in [9.17, 15) is 9.59 Å². The monoisotopic (exact) mass is 434 g/mol. The molecule has 3 aromatic rings. The fraction of sp³-hybridized carbons (Fsp3) is 0.120. The summed E-state index contributed by atoms with van der Waals surface area (Å²) in [5, 5.41) is 3.15. The Bertz CT molecular complexity index is 1240. The third-order valence-corrected chi connectivity index (χ3v) is 5.58. The van der Waals surface area contributed by atoms with Gasteiger partial charge in [-0.05, 0) is 58.7 Å². The first-order valence-corrected chi connectivity index (χ1v) is 10.2. The summed E-state index contributed by atoms with van der Waals surface area (Å²) in [4.78, 5) is 26.4. The van der Waals surface area contributed by atoms with Crippen LogP contribution in [0.4, 0.5) is 10.1 Å². The molecule has 4 rings (SSSR count). The zero-order valence-corrected chi connectivity index (χ0v) is 17.8. The minimum absolute atomic E-state index is 0.138. The highest BCUT2D eigenvalue weighted by Gasteiger charge is 2.22. The predicted molar refractivity (Wildman–Crippen MR) is 122 cm³/mol. The molecule has 0 spiro atoms. The Morgan fingerprint density at radius 2 is 1.74 bits per heavy atom. The molecule has 2 amide bonds. The molecule has 1 N–H and O–H groups in total. The number of anilines is 1. The molecular weight excluding hydrogens is 415 g/mol. The lowest BCUT2D eigenvalue weighted by molar-refractivity contribution is -0.116. The standard InChI is InChI=1S/C25H20ClFN2O2/c1-15(30)29-14-18-12-22(20-5-3-4-6-21(20)25(31)28-2)23(27)13-16(18)7-8-17-11-19(26)9-10-24(17)29/h3-13H,14H2,1-2H3,(H,28,31)/b8-7-. The number of amides is 2. The third kappa shape index (κ3) is 3.97. The van der Waals surface area contributed by atoms with Crippen LogP contribution in [0.25, 0.3) is 23.3 Å². The van der Waals surface area contributed by atoms with Crippen LogP contribution in [0.5, 0.6) is 0 Å². The zero-order chi connectivity index (χ0) is 22.1. The van der Waals surface area contributed by atoms with Gasteiger partial charge in [-0.1, -0.05) is 42.0 Å². The number of nitrogens with one attached hydrogen (secondary N) is 1. The van der Waals surface area contributed by atoms with Gasteiger partial charge in [0.1, 0.15) is 5.82 Å². The molecule has 31 heavy (non-hydrogen) atoms. The molecule has 0 saturated heterocycles. The van der Waals surface area contributed by atoms with E-state index in [1.165, 1.54) is 20.0 Å². The number of rotatable bonds is 2. The Morgan fingerprint density at radius 3 is 2.48 bits per heavy atom. The van der Waals surface area contributed by atoms with Crippen molar-refractivity contribution < 1.29 is 14.0 Å². The van der Waals surface area contributed by atoms with Crippen LogP contribution in [-0.4, -0.2) is 18.9 Å². The Hall–Kier alpha value is -3.44. The SMILES string of the molecule is CNC(=O)c1ccccc1-c1cc2c(cc1F)/C=C\c1cc(Cl)ccc1N(C(C)=O)C2. The van der Waals surface area contributed by atoms with Crippen LogP contribution in [0.1, 0.15) is 34.0 Å². The van der Waals surface area contributed by atoms with Gasteiger partial charge in [0.2, 0.25) is 5.91 Å². The zero-order valence-electron chi connectivity index (χ0n) is 17.1. The van der Waals surface area contributed by atoms with E-state index >= 15 is 4.39 Å². The van der Waals surface area contributed by atoms with Gasteiger partial charge in [0.15, 0.2) is 0 Å². The van der Waals surface area contributed by atoms with Gasteiger partial charge in [0, 0.05) is 30.1 Å². The second-order valence-electron chi connectivity index (χ2n) is 7.30. The van der Waals surface area contributed by atoms with Crippen LogP contribution in [0.15, 0.2) is 54.6 Å². The van der Waals surface area contributed by atoms with E-state index in [-0.39, 0.29) is 18.4 Å². The fourth-order valence-electron chi connectivity index (χ4n) is 3.80. The smallest absolute Gasteiger partial charge is 0.251 e. The average molecular weight is 435 g/mol. The molecular formula is C25H20ClFN2O2. The van der Waals surface area contributed by atoms with Gasteiger partial charge < -0.3 is 10.2 Å². The van der Waals surface area contributed by atoms with E-state index in [1.807, 2.05) is 12.2 Å². The lowest BCUT2D eigenvalue weighted by Gasteiger charge is -2.26. The maximum Gasteiger partial charge on any atom is 0.251 e. The number of benzene rings is 3. The Morgan fingerprint density at radius 1 is 1.00 bits per heavy atom. The molecule has 0 radical (unpaired) electrons. The van der Waals surface area contributed by atoms with E-state index in [1.54, 1.807) is 53.4 Å². The maximum absolute atomic E-state index is 15.2. The van der Waals surface area contributed by atoms with Crippen LogP contribution >= 0.6 is 11.6 Å². The van der Waals surface area contributed by atoms with E-state index in [4.69, 9.17) is 11.6 Å². The molecule has 0 aromatic heterocycles. The van der Waals surface area contributed by atoms with Crippen molar-refractivity contribution in [3.8, 4) is 11.1 Å². The fourth-order valence-corrected chi connectivity index (χ4v) is 3.98.